The molecular formula is C20H17N3O2. The Morgan fingerprint density at radius 3 is 2.36 bits per heavy atom. The number of rotatable bonds is 5. The highest BCUT2D eigenvalue weighted by Gasteiger charge is 2.05. The molecule has 4 rings (SSSR count). The van der Waals surface area contributed by atoms with Crippen molar-refractivity contribution in [1.29, 1.82) is 0 Å². The topological polar surface area (TPSA) is 73.2 Å². The summed E-state index contributed by atoms with van der Waals surface area (Å²) in [5, 5.41) is 7.70. The Morgan fingerprint density at radius 2 is 1.56 bits per heavy atom. The summed E-state index contributed by atoms with van der Waals surface area (Å²) in [6.07, 6.45) is 0. The maximum Gasteiger partial charge on any atom is 0.153 e. The van der Waals surface area contributed by atoms with E-state index in [0.717, 1.165) is 28.0 Å². The van der Waals surface area contributed by atoms with Crippen molar-refractivity contribution in [3.63, 3.8) is 0 Å². The molecule has 0 aliphatic carbocycles. The van der Waals surface area contributed by atoms with Gasteiger partial charge < -0.3 is 15.2 Å². The van der Waals surface area contributed by atoms with Gasteiger partial charge in [-0.25, -0.2) is 0 Å². The second-order valence-corrected chi connectivity index (χ2v) is 5.66. The SMILES string of the molecule is Nc1n[nH]c2ccc(Oc3ccc(OCc4ccccc4)cc3)cc12. The minimum atomic E-state index is 0.463. The van der Waals surface area contributed by atoms with Gasteiger partial charge in [0.1, 0.15) is 23.9 Å². The van der Waals surface area contributed by atoms with Crippen LogP contribution in [0.2, 0.25) is 0 Å². The molecule has 0 saturated carbocycles. The van der Waals surface area contributed by atoms with Gasteiger partial charge in [0.15, 0.2) is 5.82 Å². The molecule has 1 heterocycles. The Morgan fingerprint density at radius 1 is 0.840 bits per heavy atom. The molecule has 0 unspecified atom stereocenters. The number of benzene rings is 3. The van der Waals surface area contributed by atoms with Gasteiger partial charge in [-0.2, -0.15) is 5.10 Å². The minimum Gasteiger partial charge on any atom is -0.489 e. The number of aromatic nitrogens is 2. The van der Waals surface area contributed by atoms with Crippen LogP contribution in [0.5, 0.6) is 17.2 Å². The van der Waals surface area contributed by atoms with Crippen molar-refractivity contribution < 1.29 is 9.47 Å². The first-order valence-corrected chi connectivity index (χ1v) is 7.96. The molecule has 0 amide bonds. The average Bonchev–Trinajstić information content (AvgIpc) is 3.03. The second-order valence-electron chi connectivity index (χ2n) is 5.66. The Hall–Kier alpha value is -3.47. The fraction of sp³-hybridized carbons (Fsp3) is 0.0500. The molecule has 0 aliphatic heterocycles. The number of anilines is 1. The highest BCUT2D eigenvalue weighted by atomic mass is 16.5. The van der Waals surface area contributed by atoms with Gasteiger partial charge in [0.25, 0.3) is 0 Å². The molecule has 0 saturated heterocycles. The van der Waals surface area contributed by atoms with Crippen molar-refractivity contribution in [2.24, 2.45) is 0 Å². The molecule has 0 radical (unpaired) electrons. The molecule has 0 fully saturated rings. The van der Waals surface area contributed by atoms with E-state index in [1.165, 1.54) is 0 Å². The first-order chi connectivity index (χ1) is 12.3. The lowest BCUT2D eigenvalue weighted by Gasteiger charge is -2.09. The Balaban J connectivity index is 1.43. The van der Waals surface area contributed by atoms with E-state index < -0.39 is 0 Å². The molecule has 0 atom stereocenters. The molecule has 0 spiro atoms. The van der Waals surface area contributed by atoms with E-state index in [1.54, 1.807) is 0 Å². The molecule has 4 aromatic rings. The van der Waals surface area contributed by atoms with E-state index in [1.807, 2.05) is 72.8 Å². The van der Waals surface area contributed by atoms with Crippen molar-refractivity contribution >= 4 is 16.7 Å². The third kappa shape index (κ3) is 3.40. The molecule has 0 bridgehead atoms. The summed E-state index contributed by atoms with van der Waals surface area (Å²) < 4.78 is 11.7. The monoisotopic (exact) mass is 331 g/mol. The molecule has 3 N–H and O–H groups in total. The summed E-state index contributed by atoms with van der Waals surface area (Å²) in [7, 11) is 0. The van der Waals surface area contributed by atoms with Crippen molar-refractivity contribution in [2.45, 2.75) is 6.61 Å². The van der Waals surface area contributed by atoms with Crippen LogP contribution < -0.4 is 15.2 Å². The van der Waals surface area contributed by atoms with Gasteiger partial charge in [-0.1, -0.05) is 30.3 Å². The fourth-order valence-electron chi connectivity index (χ4n) is 2.56. The molecule has 5 heteroatoms. The number of aromatic amines is 1. The number of nitrogens with two attached hydrogens (primary N) is 1. The van der Waals surface area contributed by atoms with E-state index in [9.17, 15) is 0 Å². The highest BCUT2D eigenvalue weighted by Crippen LogP contribution is 2.28. The molecule has 0 aliphatic rings. The smallest absolute Gasteiger partial charge is 0.153 e. The van der Waals surface area contributed by atoms with Gasteiger partial charge >= 0.3 is 0 Å². The number of H-pyrrole nitrogens is 1. The zero-order chi connectivity index (χ0) is 17.1. The number of ether oxygens (including phenoxy) is 2. The van der Waals surface area contributed by atoms with Crippen LogP contribution in [0.4, 0.5) is 5.82 Å². The van der Waals surface area contributed by atoms with E-state index >= 15 is 0 Å². The molecule has 5 nitrogen and oxygen atoms in total. The lowest BCUT2D eigenvalue weighted by molar-refractivity contribution is 0.306. The van der Waals surface area contributed by atoms with Gasteiger partial charge in [-0.15, -0.1) is 0 Å². The summed E-state index contributed by atoms with van der Waals surface area (Å²) >= 11 is 0. The van der Waals surface area contributed by atoms with Gasteiger partial charge in [0.05, 0.1) is 5.52 Å². The van der Waals surface area contributed by atoms with Gasteiger partial charge in [0.2, 0.25) is 0 Å². The Labute approximate surface area is 145 Å². The first-order valence-electron chi connectivity index (χ1n) is 7.96. The average molecular weight is 331 g/mol. The summed E-state index contributed by atoms with van der Waals surface area (Å²) in [4.78, 5) is 0. The molecule has 3 aromatic carbocycles. The number of hydrogen-bond acceptors (Lipinski definition) is 4. The molecule has 1 aromatic heterocycles. The zero-order valence-corrected chi connectivity index (χ0v) is 13.5. The highest BCUT2D eigenvalue weighted by molar-refractivity contribution is 5.89. The first kappa shape index (κ1) is 15.1. The zero-order valence-electron chi connectivity index (χ0n) is 13.5. The number of hydrogen-bond donors (Lipinski definition) is 2. The van der Waals surface area contributed by atoms with Crippen molar-refractivity contribution in [3.05, 3.63) is 78.4 Å². The van der Waals surface area contributed by atoms with Crippen molar-refractivity contribution in [1.82, 2.24) is 10.2 Å². The predicted octanol–water partition coefficient (Wildman–Crippen LogP) is 4.52. The summed E-state index contributed by atoms with van der Waals surface area (Å²) in [5.41, 5.74) is 7.84. The van der Waals surface area contributed by atoms with Crippen LogP contribution in [0.15, 0.2) is 72.8 Å². The molecular weight excluding hydrogens is 314 g/mol. The Kier molecular flexibility index (Phi) is 3.96. The maximum absolute atomic E-state index is 5.88. The lowest BCUT2D eigenvalue weighted by atomic mass is 10.2. The summed E-state index contributed by atoms with van der Waals surface area (Å²) in [5.74, 6) is 2.70. The number of nitrogens with one attached hydrogen (secondary N) is 1. The van der Waals surface area contributed by atoms with Crippen LogP contribution in [-0.2, 0) is 6.61 Å². The van der Waals surface area contributed by atoms with E-state index in [0.29, 0.717) is 18.2 Å². The standard InChI is InChI=1S/C20H17N3O2/c21-20-18-12-17(10-11-19(18)22-23-20)25-16-8-6-15(7-9-16)24-13-14-4-2-1-3-5-14/h1-12H,13H2,(H3,21,22,23). The van der Waals surface area contributed by atoms with Crippen molar-refractivity contribution in [2.75, 3.05) is 5.73 Å². The molecule has 124 valence electrons. The van der Waals surface area contributed by atoms with Gasteiger partial charge in [-0.05, 0) is 48.0 Å². The van der Waals surface area contributed by atoms with Crippen LogP contribution in [-0.4, -0.2) is 10.2 Å². The quantitative estimate of drug-likeness (QED) is 0.564. The minimum absolute atomic E-state index is 0.463. The second kappa shape index (κ2) is 6.57. The van der Waals surface area contributed by atoms with Crippen molar-refractivity contribution in [3.8, 4) is 17.2 Å². The third-order valence-electron chi connectivity index (χ3n) is 3.87. The largest absolute Gasteiger partial charge is 0.489 e. The number of nitrogens with zero attached hydrogens (tertiary/aromatic N) is 1. The fourth-order valence-corrected chi connectivity index (χ4v) is 2.56. The summed E-state index contributed by atoms with van der Waals surface area (Å²) in [6.45, 7) is 0.539. The van der Waals surface area contributed by atoms with Crippen LogP contribution in [0.1, 0.15) is 5.56 Å². The predicted molar refractivity (Wildman–Crippen MR) is 97.8 cm³/mol. The normalized spacial score (nSPS) is 10.7. The third-order valence-corrected chi connectivity index (χ3v) is 3.87. The molecule has 25 heavy (non-hydrogen) atoms. The summed E-state index contributed by atoms with van der Waals surface area (Å²) in [6, 6.07) is 23.2. The van der Waals surface area contributed by atoms with Crippen LogP contribution >= 0.6 is 0 Å². The van der Waals surface area contributed by atoms with Crippen LogP contribution in [0, 0.1) is 0 Å². The van der Waals surface area contributed by atoms with E-state index in [-0.39, 0.29) is 0 Å². The number of fused-ring (bicyclic) bond motifs is 1. The van der Waals surface area contributed by atoms with Gasteiger partial charge in [-0.3, -0.25) is 5.10 Å². The maximum atomic E-state index is 5.88. The van der Waals surface area contributed by atoms with E-state index in [4.69, 9.17) is 15.2 Å². The Bertz CT molecular complexity index is 979. The number of nitrogen functional groups attached to an aromatic ring is 1. The lowest BCUT2D eigenvalue weighted by Crippen LogP contribution is -1.94. The van der Waals surface area contributed by atoms with E-state index in [2.05, 4.69) is 10.2 Å². The van der Waals surface area contributed by atoms with Gasteiger partial charge in [0, 0.05) is 5.39 Å². The van der Waals surface area contributed by atoms with Crippen LogP contribution in [0.3, 0.4) is 0 Å². The van der Waals surface area contributed by atoms with Crippen LogP contribution in [0.25, 0.3) is 10.9 Å².